The summed E-state index contributed by atoms with van der Waals surface area (Å²) in [5.41, 5.74) is 6.82. The third-order valence-electron chi connectivity index (χ3n) is 3.43. The fraction of sp³-hybridized carbons (Fsp3) is 0.500. The van der Waals surface area contributed by atoms with E-state index in [1.807, 2.05) is 24.3 Å². The van der Waals surface area contributed by atoms with Gasteiger partial charge in [-0.1, -0.05) is 34.1 Å². The van der Waals surface area contributed by atoms with Crippen LogP contribution in [0.15, 0.2) is 28.7 Å². The van der Waals surface area contributed by atoms with Gasteiger partial charge in [-0.2, -0.15) is 0 Å². The van der Waals surface area contributed by atoms with Gasteiger partial charge < -0.3 is 10.5 Å². The van der Waals surface area contributed by atoms with Gasteiger partial charge in [0, 0.05) is 16.1 Å². The monoisotopic (exact) mass is 311 g/mol. The molecule has 1 fully saturated rings. The molecular weight excluding hydrogens is 294 g/mol. The Hall–Kier alpha value is -0.870. The summed E-state index contributed by atoms with van der Waals surface area (Å²) in [6.07, 6.45) is 3.56. The van der Waals surface area contributed by atoms with Crippen LogP contribution in [0.4, 0.5) is 0 Å². The smallest absolute Gasteiger partial charge is 0.309 e. The van der Waals surface area contributed by atoms with Crippen molar-refractivity contribution < 1.29 is 9.53 Å². The molecule has 1 saturated carbocycles. The number of hydrogen-bond donors (Lipinski definition) is 1. The van der Waals surface area contributed by atoms with Crippen LogP contribution < -0.4 is 5.73 Å². The molecule has 3 nitrogen and oxygen atoms in total. The van der Waals surface area contributed by atoms with Crippen LogP contribution in [0.3, 0.4) is 0 Å². The van der Waals surface area contributed by atoms with E-state index in [1.54, 1.807) is 0 Å². The van der Waals surface area contributed by atoms with Crippen molar-refractivity contribution in [3.63, 3.8) is 0 Å². The summed E-state index contributed by atoms with van der Waals surface area (Å²) < 4.78 is 6.35. The molecule has 0 heterocycles. The number of halogens is 1. The SMILES string of the molecule is NC1CCC(C(=O)OCc2ccccc2Br)CC1. The van der Waals surface area contributed by atoms with Crippen molar-refractivity contribution >= 4 is 21.9 Å². The summed E-state index contributed by atoms with van der Waals surface area (Å²) >= 11 is 3.44. The van der Waals surface area contributed by atoms with Crippen molar-refractivity contribution in [2.75, 3.05) is 0 Å². The van der Waals surface area contributed by atoms with E-state index in [2.05, 4.69) is 15.9 Å². The van der Waals surface area contributed by atoms with E-state index in [0.717, 1.165) is 35.7 Å². The zero-order valence-electron chi connectivity index (χ0n) is 10.3. The van der Waals surface area contributed by atoms with Crippen LogP contribution in [0.2, 0.25) is 0 Å². The number of esters is 1. The predicted molar refractivity (Wildman–Crippen MR) is 73.9 cm³/mol. The second kappa shape index (κ2) is 6.34. The van der Waals surface area contributed by atoms with Crippen LogP contribution in [0.25, 0.3) is 0 Å². The molecule has 0 aromatic heterocycles. The first-order valence-corrected chi connectivity index (χ1v) is 7.11. The van der Waals surface area contributed by atoms with Crippen LogP contribution in [0.1, 0.15) is 31.2 Å². The summed E-state index contributed by atoms with van der Waals surface area (Å²) in [4.78, 5) is 11.9. The highest BCUT2D eigenvalue weighted by molar-refractivity contribution is 9.10. The lowest BCUT2D eigenvalue weighted by Crippen LogP contribution is -2.30. The highest BCUT2D eigenvalue weighted by Crippen LogP contribution is 2.25. The number of ether oxygens (including phenoxy) is 1. The normalized spacial score (nSPS) is 23.7. The zero-order valence-corrected chi connectivity index (χ0v) is 11.9. The minimum Gasteiger partial charge on any atom is -0.461 e. The summed E-state index contributed by atoms with van der Waals surface area (Å²) in [5.74, 6) is -0.0510. The second-order valence-corrected chi connectivity index (χ2v) is 5.67. The maximum Gasteiger partial charge on any atom is 0.309 e. The van der Waals surface area contributed by atoms with Crippen molar-refractivity contribution in [2.45, 2.75) is 38.3 Å². The number of carbonyl (C=O) groups is 1. The maximum absolute atomic E-state index is 11.9. The molecule has 0 radical (unpaired) electrons. The molecule has 2 rings (SSSR count). The molecule has 98 valence electrons. The van der Waals surface area contributed by atoms with Crippen molar-refractivity contribution in [2.24, 2.45) is 11.7 Å². The molecule has 18 heavy (non-hydrogen) atoms. The Morgan fingerprint density at radius 1 is 1.28 bits per heavy atom. The molecule has 4 heteroatoms. The number of benzene rings is 1. The molecular formula is C14H18BrNO2. The molecule has 0 bridgehead atoms. The first-order chi connectivity index (χ1) is 8.66. The Balaban J connectivity index is 1.83. The first kappa shape index (κ1) is 13.6. The van der Waals surface area contributed by atoms with Gasteiger partial charge in [0.15, 0.2) is 0 Å². The van der Waals surface area contributed by atoms with E-state index in [4.69, 9.17) is 10.5 Å². The number of nitrogens with two attached hydrogens (primary N) is 1. The average Bonchev–Trinajstić information content (AvgIpc) is 2.38. The van der Waals surface area contributed by atoms with Crippen LogP contribution in [0, 0.1) is 5.92 Å². The van der Waals surface area contributed by atoms with Gasteiger partial charge in [0.2, 0.25) is 0 Å². The van der Waals surface area contributed by atoms with Crippen LogP contribution in [-0.2, 0) is 16.1 Å². The molecule has 1 aliphatic rings. The fourth-order valence-corrected chi connectivity index (χ4v) is 2.64. The van der Waals surface area contributed by atoms with E-state index in [-0.39, 0.29) is 17.9 Å². The molecule has 1 aromatic rings. The van der Waals surface area contributed by atoms with Crippen LogP contribution in [0.5, 0.6) is 0 Å². The Labute approximate surface area is 116 Å². The van der Waals surface area contributed by atoms with E-state index in [1.165, 1.54) is 0 Å². The third-order valence-corrected chi connectivity index (χ3v) is 4.21. The molecule has 1 aromatic carbocycles. The fourth-order valence-electron chi connectivity index (χ4n) is 2.24. The number of hydrogen-bond acceptors (Lipinski definition) is 3. The summed E-state index contributed by atoms with van der Waals surface area (Å²) in [5, 5.41) is 0. The minimum absolute atomic E-state index is 0.0345. The van der Waals surface area contributed by atoms with Gasteiger partial charge in [0.1, 0.15) is 6.61 Å². The molecule has 0 unspecified atom stereocenters. The number of rotatable bonds is 3. The van der Waals surface area contributed by atoms with Crippen molar-refractivity contribution in [3.05, 3.63) is 34.3 Å². The van der Waals surface area contributed by atoms with Gasteiger partial charge in [-0.25, -0.2) is 0 Å². The topological polar surface area (TPSA) is 52.3 Å². The van der Waals surface area contributed by atoms with Crippen molar-refractivity contribution in [1.29, 1.82) is 0 Å². The van der Waals surface area contributed by atoms with Gasteiger partial charge in [-0.3, -0.25) is 4.79 Å². The minimum atomic E-state index is -0.0855. The van der Waals surface area contributed by atoms with Gasteiger partial charge in [-0.05, 0) is 31.7 Å². The molecule has 0 saturated heterocycles. The average molecular weight is 312 g/mol. The van der Waals surface area contributed by atoms with Crippen molar-refractivity contribution in [3.8, 4) is 0 Å². The van der Waals surface area contributed by atoms with Crippen LogP contribution >= 0.6 is 15.9 Å². The molecule has 0 atom stereocenters. The van der Waals surface area contributed by atoms with Gasteiger partial charge in [-0.15, -0.1) is 0 Å². The second-order valence-electron chi connectivity index (χ2n) is 4.81. The standard InChI is InChI=1S/C14H18BrNO2/c15-13-4-2-1-3-11(13)9-18-14(17)10-5-7-12(16)8-6-10/h1-4,10,12H,5-9,16H2. The highest BCUT2D eigenvalue weighted by atomic mass is 79.9. The third kappa shape index (κ3) is 3.56. The van der Waals surface area contributed by atoms with E-state index in [0.29, 0.717) is 6.61 Å². The van der Waals surface area contributed by atoms with Gasteiger partial charge in [0.25, 0.3) is 0 Å². The Kier molecular flexibility index (Phi) is 4.78. The number of carbonyl (C=O) groups excluding carboxylic acids is 1. The molecule has 2 N–H and O–H groups in total. The van der Waals surface area contributed by atoms with Crippen molar-refractivity contribution in [1.82, 2.24) is 0 Å². The summed E-state index contributed by atoms with van der Waals surface area (Å²) in [6, 6.07) is 8.04. The largest absolute Gasteiger partial charge is 0.461 e. The first-order valence-electron chi connectivity index (χ1n) is 6.32. The summed E-state index contributed by atoms with van der Waals surface area (Å²) in [7, 11) is 0. The lowest BCUT2D eigenvalue weighted by molar-refractivity contribution is -0.151. The van der Waals surface area contributed by atoms with E-state index >= 15 is 0 Å². The van der Waals surface area contributed by atoms with E-state index in [9.17, 15) is 4.79 Å². The Morgan fingerprint density at radius 3 is 2.61 bits per heavy atom. The Bertz CT molecular complexity index is 414. The van der Waals surface area contributed by atoms with Gasteiger partial charge >= 0.3 is 5.97 Å². The molecule has 1 aliphatic carbocycles. The van der Waals surface area contributed by atoms with E-state index < -0.39 is 0 Å². The molecule has 0 amide bonds. The lowest BCUT2D eigenvalue weighted by atomic mass is 9.86. The maximum atomic E-state index is 11.9. The quantitative estimate of drug-likeness (QED) is 0.873. The van der Waals surface area contributed by atoms with Crippen LogP contribution in [-0.4, -0.2) is 12.0 Å². The predicted octanol–water partition coefficient (Wildman–Crippen LogP) is 3.01. The highest BCUT2D eigenvalue weighted by Gasteiger charge is 2.25. The lowest BCUT2D eigenvalue weighted by Gasteiger charge is -2.24. The summed E-state index contributed by atoms with van der Waals surface area (Å²) in [6.45, 7) is 0.336. The molecule has 0 aliphatic heterocycles. The molecule has 0 spiro atoms. The Morgan fingerprint density at radius 2 is 1.94 bits per heavy atom. The zero-order chi connectivity index (χ0) is 13.0. The van der Waals surface area contributed by atoms with Gasteiger partial charge in [0.05, 0.1) is 5.92 Å².